The summed E-state index contributed by atoms with van der Waals surface area (Å²) in [6.07, 6.45) is 0. The van der Waals surface area contributed by atoms with E-state index in [2.05, 4.69) is 0 Å². The number of benzene rings is 2. The van der Waals surface area contributed by atoms with Crippen LogP contribution in [0.25, 0.3) is 0 Å². The number of hydrogen-bond donors (Lipinski definition) is 1. The molecule has 6 heteroatoms. The van der Waals surface area contributed by atoms with E-state index in [0.717, 1.165) is 12.1 Å². The molecule has 2 aromatic carbocycles. The van der Waals surface area contributed by atoms with Crippen LogP contribution in [-0.4, -0.2) is 17.9 Å². The molecule has 0 atom stereocenters. The van der Waals surface area contributed by atoms with Gasteiger partial charge in [-0.3, -0.25) is 4.79 Å². The van der Waals surface area contributed by atoms with Gasteiger partial charge in [0, 0.05) is 24.4 Å². The molecule has 0 bridgehead atoms. The van der Waals surface area contributed by atoms with Gasteiger partial charge in [-0.15, -0.1) is 0 Å². The molecule has 0 unspecified atom stereocenters. The Balaban J connectivity index is 2.28. The Morgan fingerprint density at radius 2 is 1.76 bits per heavy atom. The molecule has 2 N–H and O–H groups in total. The molecule has 0 radical (unpaired) electrons. The van der Waals surface area contributed by atoms with E-state index in [1.165, 1.54) is 11.9 Å². The molecular weight excluding hydrogens is 294 g/mol. The zero-order valence-electron chi connectivity index (χ0n) is 11.1. The predicted octanol–water partition coefficient (Wildman–Crippen LogP) is 2.88. The minimum atomic E-state index is -0.897. The summed E-state index contributed by atoms with van der Waals surface area (Å²) in [5, 5.41) is 0. The Hall–Kier alpha value is -2.34. The fourth-order valence-corrected chi connectivity index (χ4v) is 1.95. The van der Waals surface area contributed by atoms with Gasteiger partial charge < -0.3 is 10.6 Å². The number of nitrogens with two attached hydrogens (primary N) is 1. The summed E-state index contributed by atoms with van der Waals surface area (Å²) in [6, 6.07) is 9.47. The Labute approximate surface area is 126 Å². The van der Waals surface area contributed by atoms with E-state index in [-0.39, 0.29) is 10.6 Å². The van der Waals surface area contributed by atoms with Crippen molar-refractivity contribution in [3.8, 4) is 0 Å². The third-order valence-corrected chi connectivity index (χ3v) is 3.24. The van der Waals surface area contributed by atoms with Gasteiger partial charge in [-0.05, 0) is 36.4 Å². The van der Waals surface area contributed by atoms with Gasteiger partial charge in [0.1, 0.15) is 16.6 Å². The molecule has 2 rings (SSSR count). The smallest absolute Gasteiger partial charge is 0.260 e. The van der Waals surface area contributed by atoms with Crippen LogP contribution >= 0.6 is 12.2 Å². The van der Waals surface area contributed by atoms with Crippen molar-refractivity contribution in [1.82, 2.24) is 0 Å². The second-order valence-corrected chi connectivity index (χ2v) is 4.84. The van der Waals surface area contributed by atoms with Crippen molar-refractivity contribution >= 4 is 28.8 Å². The second-order valence-electron chi connectivity index (χ2n) is 4.40. The van der Waals surface area contributed by atoms with Gasteiger partial charge in [-0.2, -0.15) is 0 Å². The number of halogens is 2. The molecule has 0 fully saturated rings. The topological polar surface area (TPSA) is 46.3 Å². The van der Waals surface area contributed by atoms with Crippen LogP contribution in [0.3, 0.4) is 0 Å². The van der Waals surface area contributed by atoms with Crippen molar-refractivity contribution in [3.05, 3.63) is 65.2 Å². The van der Waals surface area contributed by atoms with Gasteiger partial charge in [-0.1, -0.05) is 12.2 Å². The van der Waals surface area contributed by atoms with Crippen LogP contribution in [0.4, 0.5) is 14.5 Å². The van der Waals surface area contributed by atoms with Gasteiger partial charge in [-0.25, -0.2) is 8.78 Å². The quantitative estimate of drug-likeness (QED) is 0.887. The van der Waals surface area contributed by atoms with Crippen LogP contribution in [-0.2, 0) is 0 Å². The summed E-state index contributed by atoms with van der Waals surface area (Å²) in [5.74, 6) is -2.20. The number of rotatable bonds is 3. The van der Waals surface area contributed by atoms with Crippen LogP contribution < -0.4 is 10.6 Å². The van der Waals surface area contributed by atoms with Crippen molar-refractivity contribution in [2.24, 2.45) is 5.73 Å². The molecule has 0 aliphatic carbocycles. The predicted molar refractivity (Wildman–Crippen MR) is 81.4 cm³/mol. The molecule has 0 heterocycles. The van der Waals surface area contributed by atoms with Crippen LogP contribution in [0.15, 0.2) is 42.5 Å². The van der Waals surface area contributed by atoms with E-state index in [4.69, 9.17) is 18.0 Å². The lowest BCUT2D eigenvalue weighted by Gasteiger charge is -2.18. The lowest BCUT2D eigenvalue weighted by Crippen LogP contribution is -2.27. The third kappa shape index (κ3) is 3.22. The van der Waals surface area contributed by atoms with E-state index in [0.29, 0.717) is 17.3 Å². The molecule has 0 saturated carbocycles. The Kier molecular flexibility index (Phi) is 4.28. The highest BCUT2D eigenvalue weighted by Gasteiger charge is 2.18. The van der Waals surface area contributed by atoms with Gasteiger partial charge in [0.2, 0.25) is 0 Å². The highest BCUT2D eigenvalue weighted by atomic mass is 32.1. The minimum Gasteiger partial charge on any atom is -0.389 e. The molecule has 0 aromatic heterocycles. The Bertz CT molecular complexity index is 701. The fraction of sp³-hybridized carbons (Fsp3) is 0.0667. The van der Waals surface area contributed by atoms with Crippen LogP contribution in [0.2, 0.25) is 0 Å². The number of nitrogens with zero attached hydrogens (tertiary/aromatic N) is 1. The largest absolute Gasteiger partial charge is 0.389 e. The highest BCUT2D eigenvalue weighted by Crippen LogP contribution is 2.18. The number of thiocarbonyl (C=S) groups is 1. The lowest BCUT2D eigenvalue weighted by molar-refractivity contribution is 0.0989. The maximum Gasteiger partial charge on any atom is 0.260 e. The minimum absolute atomic E-state index is 0.197. The average molecular weight is 306 g/mol. The Morgan fingerprint density at radius 1 is 1.14 bits per heavy atom. The highest BCUT2D eigenvalue weighted by molar-refractivity contribution is 7.80. The zero-order chi connectivity index (χ0) is 15.6. The first-order chi connectivity index (χ1) is 9.90. The van der Waals surface area contributed by atoms with Crippen molar-refractivity contribution in [2.45, 2.75) is 0 Å². The van der Waals surface area contributed by atoms with Gasteiger partial charge in [0.15, 0.2) is 0 Å². The van der Waals surface area contributed by atoms with Gasteiger partial charge in [0.05, 0.1) is 5.56 Å². The van der Waals surface area contributed by atoms with E-state index in [9.17, 15) is 13.6 Å². The first-order valence-electron chi connectivity index (χ1n) is 6.03. The number of carbonyl (C=O) groups excluding carboxylic acids is 1. The van der Waals surface area contributed by atoms with Gasteiger partial charge in [0.25, 0.3) is 5.91 Å². The van der Waals surface area contributed by atoms with Crippen molar-refractivity contribution in [1.29, 1.82) is 0 Å². The normalized spacial score (nSPS) is 10.2. The molecular formula is C15H12F2N2OS. The summed E-state index contributed by atoms with van der Waals surface area (Å²) in [4.78, 5) is 13.7. The summed E-state index contributed by atoms with van der Waals surface area (Å²) < 4.78 is 26.5. The summed E-state index contributed by atoms with van der Waals surface area (Å²) in [6.45, 7) is 0. The van der Waals surface area contributed by atoms with E-state index >= 15 is 0 Å². The fourth-order valence-electron chi connectivity index (χ4n) is 1.81. The van der Waals surface area contributed by atoms with Crippen molar-refractivity contribution < 1.29 is 13.6 Å². The molecule has 0 spiro atoms. The first kappa shape index (κ1) is 15.1. The Morgan fingerprint density at radius 3 is 2.29 bits per heavy atom. The molecule has 21 heavy (non-hydrogen) atoms. The second kappa shape index (κ2) is 5.97. The molecule has 108 valence electrons. The number of amides is 1. The van der Waals surface area contributed by atoms with Crippen LogP contribution in [0, 0.1) is 11.6 Å². The SMILES string of the molecule is CN(C(=O)c1ccc(F)cc1F)c1ccc(C(N)=S)cc1. The molecule has 0 saturated heterocycles. The van der Waals surface area contributed by atoms with E-state index in [1.807, 2.05) is 0 Å². The summed E-state index contributed by atoms with van der Waals surface area (Å²) in [5.41, 5.74) is 6.51. The van der Waals surface area contributed by atoms with Crippen LogP contribution in [0.5, 0.6) is 0 Å². The summed E-state index contributed by atoms with van der Waals surface area (Å²) in [7, 11) is 1.50. The number of hydrogen-bond acceptors (Lipinski definition) is 2. The van der Waals surface area contributed by atoms with E-state index < -0.39 is 17.5 Å². The maximum atomic E-state index is 13.6. The lowest BCUT2D eigenvalue weighted by atomic mass is 10.1. The summed E-state index contributed by atoms with van der Waals surface area (Å²) >= 11 is 4.84. The first-order valence-corrected chi connectivity index (χ1v) is 6.44. The maximum absolute atomic E-state index is 13.6. The average Bonchev–Trinajstić information content (AvgIpc) is 2.46. The van der Waals surface area contributed by atoms with Crippen LogP contribution in [0.1, 0.15) is 15.9 Å². The van der Waals surface area contributed by atoms with Gasteiger partial charge >= 0.3 is 0 Å². The van der Waals surface area contributed by atoms with E-state index in [1.54, 1.807) is 24.3 Å². The standard InChI is InChI=1S/C15H12F2N2OS/c1-19(11-5-2-9(3-6-11)14(18)21)15(20)12-7-4-10(16)8-13(12)17/h2-8H,1H3,(H2,18,21). The molecule has 0 aliphatic rings. The molecule has 3 nitrogen and oxygen atoms in total. The number of anilines is 1. The molecule has 0 aliphatic heterocycles. The number of carbonyl (C=O) groups is 1. The molecule has 2 aromatic rings. The molecule has 1 amide bonds. The monoisotopic (exact) mass is 306 g/mol. The zero-order valence-corrected chi connectivity index (χ0v) is 12.0. The van der Waals surface area contributed by atoms with Crippen molar-refractivity contribution in [2.75, 3.05) is 11.9 Å². The van der Waals surface area contributed by atoms with Crippen molar-refractivity contribution in [3.63, 3.8) is 0 Å². The third-order valence-electron chi connectivity index (χ3n) is 3.01.